The van der Waals surface area contributed by atoms with Crippen molar-refractivity contribution in [2.45, 2.75) is 70.9 Å². The van der Waals surface area contributed by atoms with Crippen molar-refractivity contribution in [3.05, 3.63) is 10.6 Å². The minimum Gasteiger partial charge on any atom is -0.335 e. The predicted molar refractivity (Wildman–Crippen MR) is 85.6 cm³/mol. The Bertz CT molecular complexity index is 466. The summed E-state index contributed by atoms with van der Waals surface area (Å²) in [7, 11) is 0. The van der Waals surface area contributed by atoms with E-state index in [0.29, 0.717) is 17.0 Å². The maximum Gasteiger partial charge on any atom is 0.267 e. The van der Waals surface area contributed by atoms with E-state index < -0.39 is 0 Å². The second kappa shape index (κ2) is 7.31. The summed E-state index contributed by atoms with van der Waals surface area (Å²) in [4.78, 5) is 15.7. The van der Waals surface area contributed by atoms with Gasteiger partial charge in [-0.05, 0) is 49.6 Å². The highest BCUT2D eigenvalue weighted by Gasteiger charge is 2.30. The number of rotatable bonds is 5. The number of amides is 1. The average molecular weight is 310 g/mol. The van der Waals surface area contributed by atoms with Gasteiger partial charge in [0.2, 0.25) is 0 Å². The first-order valence-corrected chi connectivity index (χ1v) is 8.70. The Hall–Kier alpha value is -1.01. The molecule has 0 aliphatic heterocycles. The van der Waals surface area contributed by atoms with Crippen LogP contribution in [0.2, 0.25) is 0 Å². The molecular weight excluding hydrogens is 284 g/mol. The van der Waals surface area contributed by atoms with Crippen molar-refractivity contribution in [2.24, 2.45) is 5.73 Å². The molecule has 0 aromatic carbocycles. The molecule has 5 nitrogen and oxygen atoms in total. The number of hydrogen-bond acceptors (Lipinski definition) is 5. The van der Waals surface area contributed by atoms with Crippen molar-refractivity contribution in [2.75, 3.05) is 6.54 Å². The third-order valence-corrected chi connectivity index (χ3v) is 4.89. The van der Waals surface area contributed by atoms with Crippen LogP contribution in [0, 0.1) is 0 Å². The zero-order valence-corrected chi connectivity index (χ0v) is 14.0. The molecule has 1 heterocycles. The number of hydrogen-bond donors (Lipinski definition) is 1. The van der Waals surface area contributed by atoms with Gasteiger partial charge in [0.25, 0.3) is 5.91 Å². The van der Waals surface area contributed by atoms with Gasteiger partial charge in [-0.25, -0.2) is 0 Å². The first-order chi connectivity index (χ1) is 10.0. The molecule has 1 aromatic heterocycles. The van der Waals surface area contributed by atoms with Gasteiger partial charge in [0.15, 0.2) is 0 Å². The fraction of sp³-hybridized carbons (Fsp3) is 0.800. The molecule has 1 saturated carbocycles. The molecule has 118 valence electrons. The van der Waals surface area contributed by atoms with E-state index in [4.69, 9.17) is 5.73 Å². The number of nitrogens with two attached hydrogens (primary N) is 1. The van der Waals surface area contributed by atoms with Crippen LogP contribution in [0.1, 0.15) is 74.2 Å². The monoisotopic (exact) mass is 310 g/mol. The number of carbonyl (C=O) groups is 1. The zero-order chi connectivity index (χ0) is 15.4. The van der Waals surface area contributed by atoms with Crippen LogP contribution in [-0.4, -0.2) is 39.0 Å². The van der Waals surface area contributed by atoms with E-state index in [2.05, 4.69) is 30.4 Å². The van der Waals surface area contributed by atoms with E-state index in [1.54, 1.807) is 0 Å². The van der Waals surface area contributed by atoms with E-state index in [9.17, 15) is 4.79 Å². The lowest BCUT2D eigenvalue weighted by molar-refractivity contribution is 0.0630. The van der Waals surface area contributed by atoms with Crippen molar-refractivity contribution in [3.63, 3.8) is 0 Å². The summed E-state index contributed by atoms with van der Waals surface area (Å²) in [6.45, 7) is 7.02. The molecule has 1 aromatic rings. The van der Waals surface area contributed by atoms with Gasteiger partial charge in [-0.1, -0.05) is 25.3 Å². The molecule has 1 fully saturated rings. The molecule has 2 rings (SSSR count). The highest BCUT2D eigenvalue weighted by atomic mass is 32.1. The minimum absolute atomic E-state index is 0.107. The largest absolute Gasteiger partial charge is 0.335 e. The first-order valence-electron chi connectivity index (χ1n) is 7.93. The number of aromatic nitrogens is 2. The maximum atomic E-state index is 12.9. The lowest BCUT2D eigenvalue weighted by atomic mass is 9.90. The molecule has 0 unspecified atom stereocenters. The number of nitrogens with zero attached hydrogens (tertiary/aromatic N) is 3. The Balaban J connectivity index is 2.17. The van der Waals surface area contributed by atoms with Crippen LogP contribution in [0.4, 0.5) is 0 Å². The smallest absolute Gasteiger partial charge is 0.267 e. The summed E-state index contributed by atoms with van der Waals surface area (Å²) in [6.07, 6.45) is 5.01. The van der Waals surface area contributed by atoms with Gasteiger partial charge in [0, 0.05) is 18.6 Å². The van der Waals surface area contributed by atoms with Gasteiger partial charge < -0.3 is 10.6 Å². The highest BCUT2D eigenvalue weighted by molar-refractivity contribution is 7.08. The normalized spacial score (nSPS) is 22.5. The van der Waals surface area contributed by atoms with Gasteiger partial charge in [0.1, 0.15) is 4.88 Å². The molecule has 1 aliphatic rings. The van der Waals surface area contributed by atoms with Crippen molar-refractivity contribution in [1.82, 2.24) is 14.5 Å². The Morgan fingerprint density at radius 1 is 1.38 bits per heavy atom. The van der Waals surface area contributed by atoms with Crippen LogP contribution in [0.25, 0.3) is 0 Å². The quantitative estimate of drug-likeness (QED) is 0.907. The lowest BCUT2D eigenvalue weighted by Crippen LogP contribution is -2.44. The highest BCUT2D eigenvalue weighted by Crippen LogP contribution is 2.27. The van der Waals surface area contributed by atoms with E-state index in [1.807, 2.05) is 4.90 Å². The Kier molecular flexibility index (Phi) is 5.70. The van der Waals surface area contributed by atoms with Gasteiger partial charge in [-0.15, -0.1) is 5.10 Å². The van der Waals surface area contributed by atoms with Crippen molar-refractivity contribution in [3.8, 4) is 0 Å². The molecule has 6 heteroatoms. The Labute approximate surface area is 131 Å². The summed E-state index contributed by atoms with van der Waals surface area (Å²) < 4.78 is 3.99. The van der Waals surface area contributed by atoms with E-state index in [-0.39, 0.29) is 11.8 Å². The molecule has 2 N–H and O–H groups in total. The average Bonchev–Trinajstić information content (AvgIpc) is 2.95. The molecule has 1 amide bonds. The van der Waals surface area contributed by atoms with Gasteiger partial charge >= 0.3 is 0 Å². The molecule has 0 bridgehead atoms. The van der Waals surface area contributed by atoms with Crippen LogP contribution < -0.4 is 5.73 Å². The minimum atomic E-state index is 0.107. The van der Waals surface area contributed by atoms with Crippen LogP contribution in [0.5, 0.6) is 0 Å². The fourth-order valence-electron chi connectivity index (χ4n) is 2.96. The second-order valence-electron chi connectivity index (χ2n) is 6.21. The van der Waals surface area contributed by atoms with Crippen molar-refractivity contribution in [1.29, 1.82) is 0 Å². The van der Waals surface area contributed by atoms with Gasteiger partial charge in [-0.3, -0.25) is 4.79 Å². The second-order valence-corrected chi connectivity index (χ2v) is 6.96. The van der Waals surface area contributed by atoms with Crippen molar-refractivity contribution >= 4 is 17.4 Å². The van der Waals surface area contributed by atoms with Crippen LogP contribution in [0.3, 0.4) is 0 Å². The summed E-state index contributed by atoms with van der Waals surface area (Å²) in [5.74, 6) is 0.335. The Morgan fingerprint density at radius 2 is 2.05 bits per heavy atom. The molecular formula is C15H26N4OS. The molecule has 0 spiro atoms. The third kappa shape index (κ3) is 3.80. The van der Waals surface area contributed by atoms with Crippen LogP contribution >= 0.6 is 11.5 Å². The summed E-state index contributed by atoms with van der Waals surface area (Å²) in [6, 6.07) is 0.621. The molecule has 1 aliphatic carbocycles. The fourth-order valence-corrected chi connectivity index (χ4v) is 3.73. The standard InChI is InChI=1S/C15H26N4OS/c1-4-9-19(12-7-5-11(16)6-8-12)15(20)14-13(10(2)3)17-18-21-14/h10-12H,4-9,16H2,1-3H3. The van der Waals surface area contributed by atoms with Crippen molar-refractivity contribution < 1.29 is 4.79 Å². The van der Waals surface area contributed by atoms with Crippen LogP contribution in [-0.2, 0) is 0 Å². The predicted octanol–water partition coefficient (Wildman–Crippen LogP) is 2.78. The molecule has 0 saturated heterocycles. The van der Waals surface area contributed by atoms with E-state index in [1.165, 1.54) is 11.5 Å². The topological polar surface area (TPSA) is 72.1 Å². The third-order valence-electron chi connectivity index (χ3n) is 4.16. The lowest BCUT2D eigenvalue weighted by Gasteiger charge is -2.36. The van der Waals surface area contributed by atoms with Gasteiger partial charge in [-0.2, -0.15) is 0 Å². The molecule has 0 atom stereocenters. The maximum absolute atomic E-state index is 12.9. The van der Waals surface area contributed by atoms with E-state index >= 15 is 0 Å². The van der Waals surface area contributed by atoms with Gasteiger partial charge in [0.05, 0.1) is 5.69 Å². The zero-order valence-electron chi connectivity index (χ0n) is 13.2. The Morgan fingerprint density at radius 3 is 2.62 bits per heavy atom. The summed E-state index contributed by atoms with van der Waals surface area (Å²) >= 11 is 1.23. The van der Waals surface area contributed by atoms with E-state index in [0.717, 1.165) is 44.3 Å². The first kappa shape index (κ1) is 16.4. The van der Waals surface area contributed by atoms with Crippen LogP contribution in [0.15, 0.2) is 0 Å². The molecule has 0 radical (unpaired) electrons. The SMILES string of the molecule is CCCN(C(=O)c1snnc1C(C)C)C1CCC(N)CC1. The summed E-state index contributed by atoms with van der Waals surface area (Å²) in [5.41, 5.74) is 6.82. The summed E-state index contributed by atoms with van der Waals surface area (Å²) in [5, 5.41) is 4.14. The number of carbonyl (C=O) groups excluding carboxylic acids is 1. The molecule has 21 heavy (non-hydrogen) atoms.